The molecule has 30 heavy (non-hydrogen) atoms. The third kappa shape index (κ3) is 4.58. The molecule has 1 aromatic carbocycles. The smallest absolute Gasteiger partial charge is 0.241 e. The number of amides is 1. The molecule has 162 valence electrons. The maximum atomic E-state index is 13.7. The molecule has 3 atom stereocenters. The van der Waals surface area contributed by atoms with Crippen LogP contribution in [0.15, 0.2) is 36.5 Å². The monoisotopic (exact) mass is 411 g/mol. The van der Waals surface area contributed by atoms with E-state index in [1.165, 1.54) is 0 Å². The highest BCUT2D eigenvalue weighted by atomic mass is 16.5. The minimum absolute atomic E-state index is 0.0809. The minimum atomic E-state index is -0.260. The molecule has 2 aliphatic rings. The standard InChI is InChI=1S/C23H33N5O2/c1-16-19(15-27(4)26-16)20-12-21(25-24-20)22(29)28(14-17-8-6-5-7-9-17)18-10-11-30-23(2,3)13-18/h5-9,15,18,20-21,24-25H,10-14H2,1-4H3. The molecule has 2 saturated heterocycles. The molecule has 2 aromatic rings. The Morgan fingerprint density at radius 1 is 1.30 bits per heavy atom. The molecule has 1 amide bonds. The number of rotatable bonds is 5. The van der Waals surface area contributed by atoms with E-state index in [2.05, 4.69) is 46.8 Å². The summed E-state index contributed by atoms with van der Waals surface area (Å²) in [5.74, 6) is 0.151. The molecule has 4 rings (SSSR count). The van der Waals surface area contributed by atoms with Crippen molar-refractivity contribution < 1.29 is 9.53 Å². The van der Waals surface area contributed by atoms with Crippen LogP contribution in [0.25, 0.3) is 0 Å². The quantitative estimate of drug-likeness (QED) is 0.791. The lowest BCUT2D eigenvalue weighted by Gasteiger charge is -2.42. The van der Waals surface area contributed by atoms with Gasteiger partial charge in [0.05, 0.1) is 17.3 Å². The molecule has 2 N–H and O–H groups in total. The molecule has 2 aliphatic heterocycles. The molecule has 0 bridgehead atoms. The maximum absolute atomic E-state index is 13.7. The number of nitrogens with one attached hydrogen (secondary N) is 2. The lowest BCUT2D eigenvalue weighted by Crippen LogP contribution is -2.53. The van der Waals surface area contributed by atoms with Crippen LogP contribution in [0.1, 0.15) is 56.0 Å². The van der Waals surface area contributed by atoms with Crippen molar-refractivity contribution >= 4 is 5.91 Å². The normalized spacial score (nSPS) is 25.9. The lowest BCUT2D eigenvalue weighted by molar-refractivity contribution is -0.143. The second kappa shape index (κ2) is 8.49. The Balaban J connectivity index is 1.52. The molecule has 0 saturated carbocycles. The van der Waals surface area contributed by atoms with Gasteiger partial charge in [-0.05, 0) is 45.6 Å². The highest BCUT2D eigenvalue weighted by Crippen LogP contribution is 2.31. The average molecular weight is 412 g/mol. The second-order valence-corrected chi connectivity index (χ2v) is 9.18. The average Bonchev–Trinajstić information content (AvgIpc) is 3.31. The summed E-state index contributed by atoms with van der Waals surface area (Å²) in [6.07, 6.45) is 4.46. The van der Waals surface area contributed by atoms with Gasteiger partial charge in [0.2, 0.25) is 5.91 Å². The molecule has 1 aromatic heterocycles. The largest absolute Gasteiger partial charge is 0.375 e. The van der Waals surface area contributed by atoms with Gasteiger partial charge in [0, 0.05) is 38.0 Å². The van der Waals surface area contributed by atoms with E-state index in [1.54, 1.807) is 0 Å². The van der Waals surface area contributed by atoms with Crippen molar-refractivity contribution in [3.05, 3.63) is 53.3 Å². The van der Waals surface area contributed by atoms with Crippen LogP contribution in [-0.4, -0.2) is 44.9 Å². The molecule has 2 fully saturated rings. The van der Waals surface area contributed by atoms with Gasteiger partial charge in [-0.15, -0.1) is 0 Å². The second-order valence-electron chi connectivity index (χ2n) is 9.18. The highest BCUT2D eigenvalue weighted by Gasteiger charge is 2.39. The molecular weight excluding hydrogens is 378 g/mol. The van der Waals surface area contributed by atoms with Gasteiger partial charge in [-0.2, -0.15) is 5.10 Å². The summed E-state index contributed by atoms with van der Waals surface area (Å²) >= 11 is 0. The molecular formula is C23H33N5O2. The van der Waals surface area contributed by atoms with Gasteiger partial charge >= 0.3 is 0 Å². The van der Waals surface area contributed by atoms with Crippen molar-refractivity contribution in [3.63, 3.8) is 0 Å². The molecule has 3 heterocycles. The van der Waals surface area contributed by atoms with Crippen LogP contribution in [-0.2, 0) is 23.1 Å². The van der Waals surface area contributed by atoms with Crippen LogP contribution in [0.2, 0.25) is 0 Å². The van der Waals surface area contributed by atoms with E-state index in [1.807, 2.05) is 43.0 Å². The summed E-state index contributed by atoms with van der Waals surface area (Å²) in [7, 11) is 1.93. The van der Waals surface area contributed by atoms with Crippen LogP contribution < -0.4 is 10.9 Å². The predicted octanol–water partition coefficient (Wildman–Crippen LogP) is 2.62. The van der Waals surface area contributed by atoms with Crippen LogP contribution in [0.3, 0.4) is 0 Å². The maximum Gasteiger partial charge on any atom is 0.241 e. The third-order valence-corrected chi connectivity index (χ3v) is 6.22. The zero-order valence-electron chi connectivity index (χ0n) is 18.4. The number of hydrogen-bond acceptors (Lipinski definition) is 5. The van der Waals surface area contributed by atoms with Crippen LogP contribution in [0.5, 0.6) is 0 Å². The van der Waals surface area contributed by atoms with E-state index in [0.717, 1.165) is 29.7 Å². The molecule has 7 heteroatoms. The molecule has 3 unspecified atom stereocenters. The van der Waals surface area contributed by atoms with Crippen molar-refractivity contribution in [1.29, 1.82) is 0 Å². The first-order valence-electron chi connectivity index (χ1n) is 10.8. The predicted molar refractivity (Wildman–Crippen MR) is 115 cm³/mol. The van der Waals surface area contributed by atoms with Gasteiger partial charge in [0.15, 0.2) is 0 Å². The summed E-state index contributed by atoms with van der Waals surface area (Å²) in [4.78, 5) is 15.8. The Labute approximate surface area is 178 Å². The fourth-order valence-electron chi connectivity index (χ4n) is 4.72. The van der Waals surface area contributed by atoms with Gasteiger partial charge in [-0.25, -0.2) is 10.9 Å². The summed E-state index contributed by atoms with van der Waals surface area (Å²) < 4.78 is 7.74. The van der Waals surface area contributed by atoms with Crippen molar-refractivity contribution in [2.24, 2.45) is 7.05 Å². The summed E-state index contributed by atoms with van der Waals surface area (Å²) in [5.41, 5.74) is 9.66. The van der Waals surface area contributed by atoms with Crippen LogP contribution in [0.4, 0.5) is 0 Å². The Hall–Kier alpha value is -2.22. The topological polar surface area (TPSA) is 71.4 Å². The van der Waals surface area contributed by atoms with E-state index >= 15 is 0 Å². The van der Waals surface area contributed by atoms with Crippen molar-refractivity contribution in [3.8, 4) is 0 Å². The fraction of sp³-hybridized carbons (Fsp3) is 0.565. The van der Waals surface area contributed by atoms with Crippen molar-refractivity contribution in [2.45, 2.75) is 70.3 Å². The highest BCUT2D eigenvalue weighted by molar-refractivity contribution is 5.82. The Bertz CT molecular complexity index is 879. The zero-order chi connectivity index (χ0) is 21.3. The van der Waals surface area contributed by atoms with Gasteiger partial charge in [-0.3, -0.25) is 9.48 Å². The lowest BCUT2D eigenvalue weighted by atomic mass is 9.91. The van der Waals surface area contributed by atoms with Gasteiger partial charge in [0.25, 0.3) is 0 Å². The molecule has 0 radical (unpaired) electrons. The first-order valence-corrected chi connectivity index (χ1v) is 10.8. The van der Waals surface area contributed by atoms with E-state index in [9.17, 15) is 4.79 Å². The third-order valence-electron chi connectivity index (χ3n) is 6.22. The van der Waals surface area contributed by atoms with E-state index in [-0.39, 0.29) is 29.6 Å². The fourth-order valence-corrected chi connectivity index (χ4v) is 4.72. The van der Waals surface area contributed by atoms with Crippen LogP contribution >= 0.6 is 0 Å². The number of aryl methyl sites for hydroxylation is 2. The zero-order valence-corrected chi connectivity index (χ0v) is 18.4. The Morgan fingerprint density at radius 2 is 2.07 bits per heavy atom. The van der Waals surface area contributed by atoms with Crippen molar-refractivity contribution in [2.75, 3.05) is 6.61 Å². The number of nitrogens with zero attached hydrogens (tertiary/aromatic N) is 3. The molecule has 0 aliphatic carbocycles. The first-order chi connectivity index (χ1) is 14.3. The van der Waals surface area contributed by atoms with E-state index in [4.69, 9.17) is 4.74 Å². The van der Waals surface area contributed by atoms with E-state index in [0.29, 0.717) is 19.6 Å². The van der Waals surface area contributed by atoms with Gasteiger partial charge in [0.1, 0.15) is 6.04 Å². The Kier molecular flexibility index (Phi) is 5.95. The number of aromatic nitrogens is 2. The summed E-state index contributed by atoms with van der Waals surface area (Å²) in [6.45, 7) is 7.54. The number of carbonyl (C=O) groups is 1. The number of ether oxygens (including phenoxy) is 1. The van der Waals surface area contributed by atoms with Crippen molar-refractivity contribution in [1.82, 2.24) is 25.5 Å². The SMILES string of the molecule is Cc1nn(C)cc1C1CC(C(=O)N(Cc2ccccc2)C2CCOC(C)(C)C2)NN1. The minimum Gasteiger partial charge on any atom is -0.375 e. The molecule has 7 nitrogen and oxygen atoms in total. The van der Waals surface area contributed by atoms with E-state index < -0.39 is 0 Å². The Morgan fingerprint density at radius 3 is 2.73 bits per heavy atom. The van der Waals surface area contributed by atoms with Gasteiger partial charge < -0.3 is 9.64 Å². The molecule has 0 spiro atoms. The number of hydrogen-bond donors (Lipinski definition) is 2. The van der Waals surface area contributed by atoms with Crippen LogP contribution in [0, 0.1) is 6.92 Å². The number of hydrazine groups is 1. The summed E-state index contributed by atoms with van der Waals surface area (Å²) in [5, 5.41) is 4.45. The first kappa shape index (κ1) is 21.0. The van der Waals surface area contributed by atoms with Gasteiger partial charge in [-0.1, -0.05) is 30.3 Å². The number of carbonyl (C=O) groups excluding carboxylic acids is 1. The summed E-state index contributed by atoms with van der Waals surface area (Å²) in [6, 6.07) is 10.2. The number of benzene rings is 1.